The molecular formula is C21H41NO4. The molecule has 0 spiro atoms. The minimum atomic E-state index is -0.545. The largest absolute Gasteiger partial charge is 0.465 e. The fourth-order valence-electron chi connectivity index (χ4n) is 2.42. The minimum absolute atomic E-state index is 0.0391. The molecule has 1 unspecified atom stereocenters. The van der Waals surface area contributed by atoms with Crippen molar-refractivity contribution in [3.63, 3.8) is 0 Å². The van der Waals surface area contributed by atoms with Crippen LogP contribution in [-0.2, 0) is 19.1 Å². The van der Waals surface area contributed by atoms with Crippen molar-refractivity contribution in [1.29, 1.82) is 0 Å². The first-order valence-electron chi connectivity index (χ1n) is 9.73. The van der Waals surface area contributed by atoms with E-state index in [0.717, 1.165) is 19.4 Å². The second-order valence-electron chi connectivity index (χ2n) is 9.73. The quantitative estimate of drug-likeness (QED) is 0.507. The van der Waals surface area contributed by atoms with Crippen molar-refractivity contribution < 1.29 is 19.1 Å². The van der Waals surface area contributed by atoms with Crippen LogP contribution in [0.5, 0.6) is 0 Å². The molecule has 26 heavy (non-hydrogen) atoms. The van der Waals surface area contributed by atoms with Crippen LogP contribution in [0.4, 0.5) is 0 Å². The number of rotatable bonds is 11. The Morgan fingerprint density at radius 2 is 1.46 bits per heavy atom. The molecule has 0 saturated carbocycles. The van der Waals surface area contributed by atoms with Gasteiger partial charge in [0.25, 0.3) is 0 Å². The molecule has 0 aromatic rings. The second-order valence-corrected chi connectivity index (χ2v) is 9.73. The van der Waals surface area contributed by atoms with Gasteiger partial charge >= 0.3 is 11.9 Å². The van der Waals surface area contributed by atoms with Crippen LogP contribution in [0.15, 0.2) is 0 Å². The molecule has 0 aromatic heterocycles. The van der Waals surface area contributed by atoms with Crippen molar-refractivity contribution in [2.75, 3.05) is 33.9 Å². The summed E-state index contributed by atoms with van der Waals surface area (Å²) in [5.74, 6) is -0.311. The molecule has 154 valence electrons. The zero-order valence-electron chi connectivity index (χ0n) is 18.5. The van der Waals surface area contributed by atoms with Crippen LogP contribution in [-0.4, -0.2) is 50.7 Å². The molecule has 5 heteroatoms. The van der Waals surface area contributed by atoms with Crippen LogP contribution in [0.3, 0.4) is 0 Å². The predicted molar refractivity (Wildman–Crippen MR) is 106 cm³/mol. The molecular weight excluding hydrogens is 330 g/mol. The third kappa shape index (κ3) is 9.56. The second kappa shape index (κ2) is 10.3. The molecule has 0 radical (unpaired) electrons. The van der Waals surface area contributed by atoms with Gasteiger partial charge in [-0.2, -0.15) is 0 Å². The summed E-state index contributed by atoms with van der Waals surface area (Å²) >= 11 is 0. The zero-order valence-corrected chi connectivity index (χ0v) is 18.5. The molecule has 1 atom stereocenters. The van der Waals surface area contributed by atoms with Crippen LogP contribution in [0.2, 0.25) is 0 Å². The van der Waals surface area contributed by atoms with Gasteiger partial charge in [0, 0.05) is 6.54 Å². The van der Waals surface area contributed by atoms with Crippen LogP contribution >= 0.6 is 0 Å². The Morgan fingerprint density at radius 3 is 1.92 bits per heavy atom. The maximum atomic E-state index is 12.5. The highest BCUT2D eigenvalue weighted by atomic mass is 16.5. The molecule has 0 aliphatic carbocycles. The smallest absolute Gasteiger partial charge is 0.311 e. The number of hydrogen-bond donors (Lipinski definition) is 0. The summed E-state index contributed by atoms with van der Waals surface area (Å²) in [5.41, 5.74) is -1.09. The summed E-state index contributed by atoms with van der Waals surface area (Å²) in [7, 11) is 3.90. The lowest BCUT2D eigenvalue weighted by Gasteiger charge is -2.30. The first kappa shape index (κ1) is 24.9. The first-order chi connectivity index (χ1) is 11.7. The van der Waals surface area contributed by atoms with E-state index in [2.05, 4.69) is 0 Å². The summed E-state index contributed by atoms with van der Waals surface area (Å²) in [6, 6.07) is 0. The van der Waals surface area contributed by atoms with Gasteiger partial charge in [0.2, 0.25) is 0 Å². The highest BCUT2D eigenvalue weighted by Gasteiger charge is 2.35. The molecule has 0 saturated heterocycles. The van der Waals surface area contributed by atoms with E-state index in [1.54, 1.807) is 0 Å². The molecule has 0 rings (SSSR count). The lowest BCUT2D eigenvalue weighted by Crippen LogP contribution is -2.33. The van der Waals surface area contributed by atoms with Crippen molar-refractivity contribution in [3.05, 3.63) is 0 Å². The third-order valence-corrected chi connectivity index (χ3v) is 4.76. The zero-order chi connectivity index (χ0) is 20.6. The molecule has 0 amide bonds. The highest BCUT2D eigenvalue weighted by molar-refractivity contribution is 5.77. The summed E-state index contributed by atoms with van der Waals surface area (Å²) in [4.78, 5) is 26.8. The van der Waals surface area contributed by atoms with Gasteiger partial charge in [-0.1, -0.05) is 34.1 Å². The number of likely N-dealkylation sites (N-methyl/N-ethyl adjacent to an activating group) is 1. The fraction of sp³-hybridized carbons (Fsp3) is 0.905. The Balaban J connectivity index is 4.53. The van der Waals surface area contributed by atoms with E-state index in [-0.39, 0.29) is 17.4 Å². The molecule has 0 fully saturated rings. The van der Waals surface area contributed by atoms with Crippen molar-refractivity contribution in [2.24, 2.45) is 16.2 Å². The van der Waals surface area contributed by atoms with Gasteiger partial charge < -0.3 is 14.4 Å². The Labute approximate surface area is 160 Å². The lowest BCUT2D eigenvalue weighted by atomic mass is 9.79. The SMILES string of the molecule is CCC(C)(CCCC(C)(C)C(=O)OCCN(C)C)C(=O)OCC(C)(C)C. The summed E-state index contributed by atoms with van der Waals surface area (Å²) in [6.45, 7) is 15.5. The van der Waals surface area contributed by atoms with Gasteiger partial charge in [0.05, 0.1) is 17.4 Å². The number of nitrogens with zero attached hydrogens (tertiary/aromatic N) is 1. The highest BCUT2D eigenvalue weighted by Crippen LogP contribution is 2.34. The molecule has 0 aromatic carbocycles. The van der Waals surface area contributed by atoms with Crippen molar-refractivity contribution >= 4 is 11.9 Å². The summed E-state index contributed by atoms with van der Waals surface area (Å²) < 4.78 is 10.9. The maximum absolute atomic E-state index is 12.5. The van der Waals surface area contributed by atoms with Gasteiger partial charge in [-0.15, -0.1) is 0 Å². The Morgan fingerprint density at radius 1 is 0.885 bits per heavy atom. The first-order valence-corrected chi connectivity index (χ1v) is 9.73. The van der Waals surface area contributed by atoms with Gasteiger partial charge in [0.15, 0.2) is 0 Å². The van der Waals surface area contributed by atoms with Gasteiger partial charge in [-0.05, 0) is 59.5 Å². The normalized spacial score (nSPS) is 14.8. The number of hydrogen-bond acceptors (Lipinski definition) is 5. The van der Waals surface area contributed by atoms with Crippen LogP contribution < -0.4 is 0 Å². The number of ether oxygens (including phenoxy) is 2. The standard InChI is InChI=1S/C21H41NO4/c1-10-21(7,18(24)26-16-19(2,3)4)13-11-12-20(5,6)17(23)25-15-14-22(8)9/h10-16H2,1-9H3. The molecule has 0 N–H and O–H groups in total. The maximum Gasteiger partial charge on any atom is 0.311 e. The monoisotopic (exact) mass is 371 g/mol. The molecule has 0 bridgehead atoms. The number of carbonyl (C=O) groups excluding carboxylic acids is 2. The van der Waals surface area contributed by atoms with Gasteiger partial charge in [0.1, 0.15) is 6.61 Å². The third-order valence-electron chi connectivity index (χ3n) is 4.76. The average molecular weight is 372 g/mol. The number of esters is 2. The van der Waals surface area contributed by atoms with E-state index in [9.17, 15) is 9.59 Å². The lowest BCUT2D eigenvalue weighted by molar-refractivity contribution is -0.158. The van der Waals surface area contributed by atoms with E-state index in [1.807, 2.05) is 67.5 Å². The van der Waals surface area contributed by atoms with Gasteiger partial charge in [-0.3, -0.25) is 9.59 Å². The van der Waals surface area contributed by atoms with E-state index < -0.39 is 10.8 Å². The number of carbonyl (C=O) groups is 2. The predicted octanol–water partition coefficient (Wildman–Crippen LogP) is 4.29. The van der Waals surface area contributed by atoms with E-state index in [0.29, 0.717) is 26.1 Å². The van der Waals surface area contributed by atoms with Crippen LogP contribution in [0.25, 0.3) is 0 Å². The summed E-state index contributed by atoms with van der Waals surface area (Å²) in [5, 5.41) is 0. The molecule has 0 heterocycles. The summed E-state index contributed by atoms with van der Waals surface area (Å²) in [6.07, 6.45) is 2.91. The fourth-order valence-corrected chi connectivity index (χ4v) is 2.42. The van der Waals surface area contributed by atoms with Crippen LogP contribution in [0.1, 0.15) is 74.1 Å². The minimum Gasteiger partial charge on any atom is -0.465 e. The Kier molecular flexibility index (Phi) is 9.85. The van der Waals surface area contributed by atoms with Crippen molar-refractivity contribution in [2.45, 2.75) is 74.1 Å². The van der Waals surface area contributed by atoms with E-state index in [4.69, 9.17) is 9.47 Å². The topological polar surface area (TPSA) is 55.8 Å². The van der Waals surface area contributed by atoms with Crippen LogP contribution in [0, 0.1) is 16.2 Å². The average Bonchev–Trinajstić information content (AvgIpc) is 2.50. The molecule has 0 aliphatic heterocycles. The van der Waals surface area contributed by atoms with Crippen molar-refractivity contribution in [1.82, 2.24) is 4.90 Å². The van der Waals surface area contributed by atoms with E-state index >= 15 is 0 Å². The van der Waals surface area contributed by atoms with Gasteiger partial charge in [-0.25, -0.2) is 0 Å². The molecule has 0 aliphatic rings. The Hall–Kier alpha value is -1.10. The Bertz CT molecular complexity index is 451. The van der Waals surface area contributed by atoms with E-state index in [1.165, 1.54) is 0 Å². The molecule has 5 nitrogen and oxygen atoms in total. The van der Waals surface area contributed by atoms with Crippen molar-refractivity contribution in [3.8, 4) is 0 Å².